The van der Waals surface area contributed by atoms with Crippen molar-refractivity contribution in [2.75, 3.05) is 38.5 Å². The number of guanidine groups is 1. The number of fused-ring (bicyclic) bond motifs is 1. The standard InChI is InChI=1S/C21H29N3O3S/c1-4-22-20(24-13-15-28(25,26)21(2,3)16-24)23-12-14-27-19-11-7-9-17-8-5-6-10-18(17)19/h5-11H,4,12-16H2,1-3H3,(H,22,23). The maximum atomic E-state index is 12.2. The molecule has 0 saturated carbocycles. The number of aliphatic imine (C=N–C) groups is 1. The number of hydrogen-bond donors (Lipinski definition) is 1. The van der Waals surface area contributed by atoms with E-state index < -0.39 is 14.6 Å². The van der Waals surface area contributed by atoms with Gasteiger partial charge in [0.15, 0.2) is 15.8 Å². The minimum atomic E-state index is -3.07. The monoisotopic (exact) mass is 403 g/mol. The van der Waals surface area contributed by atoms with Crippen molar-refractivity contribution in [1.82, 2.24) is 10.2 Å². The molecule has 1 saturated heterocycles. The van der Waals surface area contributed by atoms with Gasteiger partial charge in [-0.1, -0.05) is 36.4 Å². The lowest BCUT2D eigenvalue weighted by Crippen LogP contribution is -2.57. The number of hydrogen-bond acceptors (Lipinski definition) is 4. The maximum Gasteiger partial charge on any atom is 0.194 e. The van der Waals surface area contributed by atoms with Crippen LogP contribution in [0, 0.1) is 0 Å². The van der Waals surface area contributed by atoms with Crippen molar-refractivity contribution < 1.29 is 13.2 Å². The first-order chi connectivity index (χ1) is 13.3. The molecule has 0 atom stereocenters. The third-order valence-electron chi connectivity index (χ3n) is 5.04. The van der Waals surface area contributed by atoms with E-state index in [0.717, 1.165) is 29.0 Å². The summed E-state index contributed by atoms with van der Waals surface area (Å²) in [4.78, 5) is 6.69. The Bertz CT molecular complexity index is 949. The molecular formula is C21H29N3O3S. The third kappa shape index (κ3) is 4.41. The second-order valence-corrected chi connectivity index (χ2v) is 10.3. The van der Waals surface area contributed by atoms with Gasteiger partial charge in [-0.15, -0.1) is 0 Å². The minimum absolute atomic E-state index is 0.150. The van der Waals surface area contributed by atoms with Gasteiger partial charge in [-0.2, -0.15) is 0 Å². The fraction of sp³-hybridized carbons (Fsp3) is 0.476. The van der Waals surface area contributed by atoms with E-state index in [1.54, 1.807) is 13.8 Å². The van der Waals surface area contributed by atoms with Crippen LogP contribution < -0.4 is 10.1 Å². The molecule has 0 aliphatic carbocycles. The van der Waals surface area contributed by atoms with E-state index in [2.05, 4.69) is 22.4 Å². The summed E-state index contributed by atoms with van der Waals surface area (Å²) in [6, 6.07) is 14.2. The van der Waals surface area contributed by atoms with Crippen LogP contribution in [0.2, 0.25) is 0 Å². The molecule has 1 aliphatic heterocycles. The van der Waals surface area contributed by atoms with Crippen LogP contribution in [0.4, 0.5) is 0 Å². The molecule has 0 unspecified atom stereocenters. The van der Waals surface area contributed by atoms with Gasteiger partial charge in [0.2, 0.25) is 0 Å². The van der Waals surface area contributed by atoms with Crippen molar-refractivity contribution in [3.05, 3.63) is 42.5 Å². The molecular weight excluding hydrogens is 374 g/mol. The molecule has 3 rings (SSSR count). The highest BCUT2D eigenvalue weighted by Crippen LogP contribution is 2.25. The predicted octanol–water partition coefficient (Wildman–Crippen LogP) is 2.69. The van der Waals surface area contributed by atoms with Gasteiger partial charge < -0.3 is 15.0 Å². The number of rotatable bonds is 5. The Hall–Kier alpha value is -2.28. The highest BCUT2D eigenvalue weighted by molar-refractivity contribution is 7.92. The van der Waals surface area contributed by atoms with Crippen LogP contribution in [0.3, 0.4) is 0 Å². The fourth-order valence-corrected chi connectivity index (χ4v) is 4.74. The van der Waals surface area contributed by atoms with Gasteiger partial charge in [0.1, 0.15) is 12.4 Å². The van der Waals surface area contributed by atoms with Crippen molar-refractivity contribution in [2.45, 2.75) is 25.5 Å². The summed E-state index contributed by atoms with van der Waals surface area (Å²) in [5, 5.41) is 5.51. The topological polar surface area (TPSA) is 71.0 Å². The van der Waals surface area contributed by atoms with Crippen LogP contribution in [-0.2, 0) is 9.84 Å². The lowest BCUT2D eigenvalue weighted by atomic mass is 10.1. The molecule has 1 heterocycles. The van der Waals surface area contributed by atoms with E-state index >= 15 is 0 Å². The number of sulfone groups is 1. The Labute approximate surface area is 167 Å². The van der Waals surface area contributed by atoms with Crippen LogP contribution in [-0.4, -0.2) is 62.6 Å². The van der Waals surface area contributed by atoms with Crippen LogP contribution in [0.5, 0.6) is 5.75 Å². The minimum Gasteiger partial charge on any atom is -0.491 e. The highest BCUT2D eigenvalue weighted by Gasteiger charge is 2.40. The number of nitrogens with zero attached hydrogens (tertiary/aromatic N) is 2. The normalized spacial score (nSPS) is 18.8. The Morgan fingerprint density at radius 1 is 1.21 bits per heavy atom. The van der Waals surface area contributed by atoms with E-state index in [1.165, 1.54) is 0 Å². The highest BCUT2D eigenvalue weighted by atomic mass is 32.2. The van der Waals surface area contributed by atoms with Crippen LogP contribution in [0.25, 0.3) is 10.8 Å². The molecule has 1 fully saturated rings. The third-order valence-corrected chi connectivity index (χ3v) is 7.57. The first-order valence-corrected chi connectivity index (χ1v) is 11.4. The SMILES string of the molecule is CCNC(=NCCOc1cccc2ccccc12)N1CCS(=O)(=O)C(C)(C)C1. The molecule has 0 spiro atoms. The Balaban J connectivity index is 1.65. The van der Waals surface area contributed by atoms with Gasteiger partial charge in [0.05, 0.1) is 17.0 Å². The second-order valence-electron chi connectivity index (χ2n) is 7.56. The van der Waals surface area contributed by atoms with Crippen molar-refractivity contribution in [3.63, 3.8) is 0 Å². The zero-order valence-electron chi connectivity index (χ0n) is 16.8. The van der Waals surface area contributed by atoms with Gasteiger partial charge in [-0.25, -0.2) is 13.4 Å². The Morgan fingerprint density at radius 2 is 1.96 bits per heavy atom. The zero-order chi connectivity index (χ0) is 20.2. The summed E-state index contributed by atoms with van der Waals surface area (Å²) in [6.07, 6.45) is 0. The van der Waals surface area contributed by atoms with Crippen LogP contribution in [0.1, 0.15) is 20.8 Å². The molecule has 0 radical (unpaired) electrons. The molecule has 6 nitrogen and oxygen atoms in total. The van der Waals surface area contributed by atoms with Gasteiger partial charge in [0.25, 0.3) is 0 Å². The zero-order valence-corrected chi connectivity index (χ0v) is 17.6. The molecule has 1 N–H and O–H groups in total. The fourth-order valence-electron chi connectivity index (χ4n) is 3.38. The summed E-state index contributed by atoms with van der Waals surface area (Å²) in [7, 11) is -3.07. The molecule has 7 heteroatoms. The largest absolute Gasteiger partial charge is 0.491 e. The molecule has 1 aliphatic rings. The molecule has 0 aromatic heterocycles. The number of nitrogens with one attached hydrogen (secondary N) is 1. The Kier molecular flexibility index (Phi) is 6.13. The van der Waals surface area contributed by atoms with E-state index in [9.17, 15) is 8.42 Å². The van der Waals surface area contributed by atoms with Gasteiger partial charge in [-0.05, 0) is 32.2 Å². The van der Waals surface area contributed by atoms with E-state index in [0.29, 0.717) is 26.2 Å². The van der Waals surface area contributed by atoms with Crippen molar-refractivity contribution in [3.8, 4) is 5.75 Å². The van der Waals surface area contributed by atoms with Gasteiger partial charge in [0, 0.05) is 25.0 Å². The van der Waals surface area contributed by atoms with Gasteiger partial charge in [-0.3, -0.25) is 0 Å². The molecule has 0 bridgehead atoms. The number of ether oxygens (including phenoxy) is 1. The summed E-state index contributed by atoms with van der Waals surface area (Å²) < 4.78 is 29.7. The predicted molar refractivity (Wildman–Crippen MR) is 115 cm³/mol. The van der Waals surface area contributed by atoms with Gasteiger partial charge >= 0.3 is 0 Å². The average molecular weight is 404 g/mol. The average Bonchev–Trinajstić information content (AvgIpc) is 2.66. The second kappa shape index (κ2) is 8.39. The van der Waals surface area contributed by atoms with Crippen LogP contribution in [0.15, 0.2) is 47.5 Å². The summed E-state index contributed by atoms with van der Waals surface area (Å²) in [5.74, 6) is 1.74. The van der Waals surface area contributed by atoms with Crippen LogP contribution >= 0.6 is 0 Å². The van der Waals surface area contributed by atoms with E-state index in [1.807, 2.05) is 42.2 Å². The lowest BCUT2D eigenvalue weighted by Gasteiger charge is -2.39. The van der Waals surface area contributed by atoms with Crippen molar-refractivity contribution in [2.24, 2.45) is 4.99 Å². The first-order valence-electron chi connectivity index (χ1n) is 9.70. The molecule has 2 aromatic rings. The van der Waals surface area contributed by atoms with Crippen molar-refractivity contribution >= 4 is 26.6 Å². The lowest BCUT2D eigenvalue weighted by molar-refractivity contribution is 0.327. The summed E-state index contributed by atoms with van der Waals surface area (Å²) >= 11 is 0. The summed E-state index contributed by atoms with van der Waals surface area (Å²) in [6.45, 7) is 8.14. The van der Waals surface area contributed by atoms with Crippen molar-refractivity contribution in [1.29, 1.82) is 0 Å². The molecule has 152 valence electrons. The molecule has 2 aromatic carbocycles. The Morgan fingerprint density at radius 3 is 2.71 bits per heavy atom. The number of benzene rings is 2. The first kappa shape index (κ1) is 20.5. The van der Waals surface area contributed by atoms with E-state index in [4.69, 9.17) is 4.74 Å². The molecule has 28 heavy (non-hydrogen) atoms. The quantitative estimate of drug-likeness (QED) is 0.472. The maximum absolute atomic E-state index is 12.2. The molecule has 0 amide bonds. The smallest absolute Gasteiger partial charge is 0.194 e. The summed E-state index contributed by atoms with van der Waals surface area (Å²) in [5.41, 5.74) is 0. The van der Waals surface area contributed by atoms with E-state index in [-0.39, 0.29) is 5.75 Å².